The molecule has 0 aliphatic carbocycles. The number of hydrogen-bond acceptors (Lipinski definition) is 10. The molecule has 0 radical (unpaired) electrons. The van der Waals surface area contributed by atoms with Gasteiger partial charge in [0, 0.05) is 0 Å². The molecule has 11 nitrogen and oxygen atoms in total. The number of aliphatic hydroxyl groups excluding tert-OH is 4. The van der Waals surface area contributed by atoms with Gasteiger partial charge in [-0.3, -0.25) is 0 Å². The van der Waals surface area contributed by atoms with Crippen molar-refractivity contribution in [1.82, 2.24) is 19.9 Å². The summed E-state index contributed by atoms with van der Waals surface area (Å²) < 4.78 is 4.54. The van der Waals surface area contributed by atoms with Crippen molar-refractivity contribution < 1.29 is 25.2 Å². The summed E-state index contributed by atoms with van der Waals surface area (Å²) in [5, 5.41) is 35.0. The van der Waals surface area contributed by atoms with Crippen LogP contribution in [-0.4, -0.2) is 71.6 Å². The van der Waals surface area contributed by atoms with E-state index in [-0.39, 0.29) is 5.95 Å². The number of nitrogen functional groups attached to an aromatic ring is 2. The second-order valence-electron chi connectivity index (χ2n) is 4.30. The number of aromatic amines is 1. The highest BCUT2D eigenvalue weighted by molar-refractivity contribution is 5.81. The quantitative estimate of drug-likeness (QED) is 0.284. The molecule has 21 heavy (non-hydrogen) atoms. The highest BCUT2D eigenvalue weighted by Gasteiger charge is 2.41. The minimum atomic E-state index is -1.38. The molecule has 11 heteroatoms. The molecular weight excluding hydrogens is 284 g/mol. The van der Waals surface area contributed by atoms with E-state index in [1.54, 1.807) is 0 Å². The predicted molar refractivity (Wildman–Crippen MR) is 70.5 cm³/mol. The van der Waals surface area contributed by atoms with Crippen LogP contribution in [0.15, 0.2) is 6.33 Å². The summed E-state index contributed by atoms with van der Waals surface area (Å²) in [7, 11) is 0. The molecule has 9 N–H and O–H groups in total. The lowest BCUT2D eigenvalue weighted by molar-refractivity contribution is -0.132. The van der Waals surface area contributed by atoms with E-state index in [1.165, 1.54) is 6.33 Å². The largest absolute Gasteiger partial charge is 0.394 e. The van der Waals surface area contributed by atoms with Gasteiger partial charge in [-0.05, 0) is 0 Å². The predicted octanol–water partition coefficient (Wildman–Crippen LogP) is -3.06. The molecule has 1 aliphatic heterocycles. The van der Waals surface area contributed by atoms with Gasteiger partial charge in [0.05, 0.1) is 12.9 Å². The third kappa shape index (κ3) is 3.17. The lowest BCUT2D eigenvalue weighted by atomic mass is 10.1. The molecule has 0 amide bonds. The number of fused-ring (bicyclic) bond motifs is 1. The fourth-order valence-electron chi connectivity index (χ4n) is 1.76. The van der Waals surface area contributed by atoms with Crippen molar-refractivity contribution in [3.05, 3.63) is 6.33 Å². The molecule has 3 heterocycles. The van der Waals surface area contributed by atoms with E-state index in [0.29, 0.717) is 17.0 Å². The zero-order chi connectivity index (χ0) is 15.6. The Morgan fingerprint density at radius 3 is 2.43 bits per heavy atom. The lowest BCUT2D eigenvalue weighted by Crippen LogP contribution is -2.33. The summed E-state index contributed by atoms with van der Waals surface area (Å²) in [5.74, 6) is 0.452. The normalized spacial score (nSPS) is 28.4. The van der Waals surface area contributed by atoms with Gasteiger partial charge in [0.2, 0.25) is 5.95 Å². The fraction of sp³-hybridized carbons (Fsp3) is 0.500. The third-order valence-corrected chi connectivity index (χ3v) is 2.84. The van der Waals surface area contributed by atoms with Crippen LogP contribution in [0.4, 0.5) is 11.8 Å². The van der Waals surface area contributed by atoms with Crippen LogP contribution >= 0.6 is 0 Å². The molecule has 0 saturated carbocycles. The summed E-state index contributed by atoms with van der Waals surface area (Å²) in [6, 6.07) is 0. The number of imidazole rings is 1. The van der Waals surface area contributed by atoms with Gasteiger partial charge in [-0.25, -0.2) is 4.98 Å². The minimum absolute atomic E-state index is 0.152. The van der Waals surface area contributed by atoms with Crippen molar-refractivity contribution in [1.29, 1.82) is 0 Å². The highest BCUT2D eigenvalue weighted by atomic mass is 16.6. The zero-order valence-corrected chi connectivity index (χ0v) is 10.8. The van der Waals surface area contributed by atoms with Crippen LogP contribution in [0.2, 0.25) is 0 Å². The molecular formula is C10H16N6O5. The van der Waals surface area contributed by atoms with Gasteiger partial charge in [0.15, 0.2) is 17.8 Å². The standard InChI is InChI=1S/C5H6N6.C5H10O5/c6-3-2-4(9-1-8-2)11-5(7)10-3;6-1-2-3(7)4(8)5(9)10-2/h1H,(H5,6,7,8,9,10,11);2-9H,1H2/t;2-,3-,4-,5?/m.1/s1. The van der Waals surface area contributed by atoms with E-state index in [4.69, 9.17) is 31.9 Å². The molecule has 1 fully saturated rings. The Morgan fingerprint density at radius 1 is 1.19 bits per heavy atom. The zero-order valence-electron chi connectivity index (χ0n) is 10.8. The number of aliphatic hydroxyl groups is 4. The van der Waals surface area contributed by atoms with Gasteiger partial charge in [-0.1, -0.05) is 0 Å². The monoisotopic (exact) mass is 300 g/mol. The molecule has 0 bridgehead atoms. The molecule has 3 rings (SSSR count). The van der Waals surface area contributed by atoms with Crippen LogP contribution in [0.3, 0.4) is 0 Å². The Morgan fingerprint density at radius 2 is 1.90 bits per heavy atom. The number of H-pyrrole nitrogens is 1. The maximum Gasteiger partial charge on any atom is 0.224 e. The summed E-state index contributed by atoms with van der Waals surface area (Å²) in [6.07, 6.45) is -3.26. The number of nitrogens with two attached hydrogens (primary N) is 2. The molecule has 1 unspecified atom stereocenters. The lowest BCUT2D eigenvalue weighted by Gasteiger charge is -2.09. The second kappa shape index (κ2) is 6.15. The molecule has 2 aromatic rings. The van der Waals surface area contributed by atoms with Gasteiger partial charge in [-0.2, -0.15) is 9.97 Å². The van der Waals surface area contributed by atoms with Crippen molar-refractivity contribution in [2.45, 2.75) is 24.6 Å². The maximum atomic E-state index is 8.93. The second-order valence-corrected chi connectivity index (χ2v) is 4.30. The SMILES string of the molecule is Nc1nc(N)c2nc[nH]c2n1.OC[C@H]1OC(O)[C@H](O)[C@@H]1O. The minimum Gasteiger partial charge on any atom is -0.394 e. The Bertz CT molecular complexity index is 607. The average Bonchev–Trinajstić information content (AvgIpc) is 3.00. The number of rotatable bonds is 1. The summed E-state index contributed by atoms with van der Waals surface area (Å²) >= 11 is 0. The van der Waals surface area contributed by atoms with Crippen LogP contribution in [0.1, 0.15) is 0 Å². The molecule has 4 atom stereocenters. The van der Waals surface area contributed by atoms with Crippen LogP contribution in [0.5, 0.6) is 0 Å². The van der Waals surface area contributed by atoms with Gasteiger partial charge in [0.25, 0.3) is 0 Å². The Kier molecular flexibility index (Phi) is 4.50. The number of aromatic nitrogens is 4. The van der Waals surface area contributed by atoms with Crippen molar-refractivity contribution in [2.75, 3.05) is 18.1 Å². The van der Waals surface area contributed by atoms with Gasteiger partial charge in [-0.15, -0.1) is 0 Å². The first-order valence-electron chi connectivity index (χ1n) is 5.96. The van der Waals surface area contributed by atoms with Crippen LogP contribution in [0.25, 0.3) is 11.2 Å². The number of nitrogens with one attached hydrogen (secondary N) is 1. The first kappa shape index (κ1) is 15.3. The van der Waals surface area contributed by atoms with Crippen molar-refractivity contribution in [3.63, 3.8) is 0 Å². The van der Waals surface area contributed by atoms with E-state index in [9.17, 15) is 0 Å². The summed E-state index contributed by atoms with van der Waals surface area (Å²) in [6.45, 7) is -0.407. The number of ether oxygens (including phenoxy) is 1. The van der Waals surface area contributed by atoms with E-state index in [0.717, 1.165) is 0 Å². The van der Waals surface area contributed by atoms with E-state index in [2.05, 4.69) is 24.7 Å². The molecule has 116 valence electrons. The van der Waals surface area contributed by atoms with Gasteiger partial charge < -0.3 is 41.6 Å². The van der Waals surface area contributed by atoms with Gasteiger partial charge in [0.1, 0.15) is 23.8 Å². The van der Waals surface area contributed by atoms with E-state index < -0.39 is 31.2 Å². The fourth-order valence-corrected chi connectivity index (χ4v) is 1.76. The van der Waals surface area contributed by atoms with Crippen molar-refractivity contribution >= 4 is 22.9 Å². The van der Waals surface area contributed by atoms with E-state index in [1.807, 2.05) is 0 Å². The van der Waals surface area contributed by atoms with Crippen molar-refractivity contribution in [3.8, 4) is 0 Å². The Labute approximate surface area is 118 Å². The van der Waals surface area contributed by atoms with Crippen LogP contribution < -0.4 is 11.5 Å². The molecule has 2 aromatic heterocycles. The third-order valence-electron chi connectivity index (χ3n) is 2.84. The van der Waals surface area contributed by atoms with Crippen LogP contribution in [-0.2, 0) is 4.74 Å². The first-order valence-corrected chi connectivity index (χ1v) is 5.96. The smallest absolute Gasteiger partial charge is 0.224 e. The molecule has 1 aliphatic rings. The number of anilines is 2. The van der Waals surface area contributed by atoms with E-state index >= 15 is 0 Å². The highest BCUT2D eigenvalue weighted by Crippen LogP contribution is 2.18. The van der Waals surface area contributed by atoms with Crippen molar-refractivity contribution in [2.24, 2.45) is 0 Å². The number of hydrogen-bond donors (Lipinski definition) is 7. The molecule has 0 aromatic carbocycles. The number of nitrogens with zero attached hydrogens (tertiary/aromatic N) is 3. The summed E-state index contributed by atoms with van der Waals surface area (Å²) in [4.78, 5) is 14.3. The van der Waals surface area contributed by atoms with Gasteiger partial charge >= 0.3 is 0 Å². The molecule has 1 saturated heterocycles. The maximum absolute atomic E-state index is 8.93. The van der Waals surface area contributed by atoms with Crippen LogP contribution in [0, 0.1) is 0 Å². The average molecular weight is 300 g/mol. The molecule has 0 spiro atoms. The Hall–Kier alpha value is -2.05. The topological polar surface area (TPSA) is 197 Å². The Balaban J connectivity index is 0.000000155. The first-order chi connectivity index (χ1) is 9.93. The summed E-state index contributed by atoms with van der Waals surface area (Å²) in [5.41, 5.74) is 11.9.